The van der Waals surface area contributed by atoms with Crippen LogP contribution >= 0.6 is 27.3 Å². The molecule has 2 nitrogen and oxygen atoms in total. The Hall–Kier alpha value is -0.680. The number of hydrazine groups is 1. The molecule has 0 aliphatic heterocycles. The number of rotatable bonds is 4. The number of nitrogens with two attached hydrogens (primary N) is 1. The third-order valence-electron chi connectivity index (χ3n) is 2.73. The van der Waals surface area contributed by atoms with E-state index in [2.05, 4.69) is 64.0 Å². The van der Waals surface area contributed by atoms with E-state index >= 15 is 0 Å². The summed E-state index contributed by atoms with van der Waals surface area (Å²) in [5.41, 5.74) is 5.38. The van der Waals surface area contributed by atoms with Gasteiger partial charge in [-0.25, -0.2) is 0 Å². The lowest BCUT2D eigenvalue weighted by molar-refractivity contribution is 0.554. The molecule has 0 saturated carbocycles. The quantitative estimate of drug-likeness (QED) is 0.669. The summed E-state index contributed by atoms with van der Waals surface area (Å²) in [6.07, 6.45) is 0.901. The maximum atomic E-state index is 5.66. The highest BCUT2D eigenvalue weighted by Gasteiger charge is 2.13. The van der Waals surface area contributed by atoms with E-state index in [4.69, 9.17) is 5.84 Å². The summed E-state index contributed by atoms with van der Waals surface area (Å²) in [4.78, 5) is 1.31. The first-order valence-corrected chi connectivity index (χ1v) is 7.12. The van der Waals surface area contributed by atoms with Gasteiger partial charge in [-0.3, -0.25) is 11.3 Å². The average molecular weight is 311 g/mol. The molecule has 0 fully saturated rings. The smallest absolute Gasteiger partial charge is 0.0508 e. The van der Waals surface area contributed by atoms with Crippen LogP contribution in [0.5, 0.6) is 0 Å². The van der Waals surface area contributed by atoms with Crippen molar-refractivity contribution in [3.05, 3.63) is 56.2 Å². The molecule has 0 bridgehead atoms. The van der Waals surface area contributed by atoms with Gasteiger partial charge in [0.1, 0.15) is 0 Å². The second-order valence-corrected chi connectivity index (χ2v) is 5.88. The molecule has 17 heavy (non-hydrogen) atoms. The minimum absolute atomic E-state index is 0.157. The van der Waals surface area contributed by atoms with Gasteiger partial charge in [0.25, 0.3) is 0 Å². The van der Waals surface area contributed by atoms with Crippen LogP contribution in [0.2, 0.25) is 0 Å². The maximum absolute atomic E-state index is 5.66. The maximum Gasteiger partial charge on any atom is 0.0508 e. The Kier molecular flexibility index (Phi) is 4.34. The molecule has 0 amide bonds. The van der Waals surface area contributed by atoms with E-state index in [-0.39, 0.29) is 6.04 Å². The van der Waals surface area contributed by atoms with E-state index in [0.29, 0.717) is 0 Å². The van der Waals surface area contributed by atoms with Crippen molar-refractivity contribution in [2.45, 2.75) is 19.4 Å². The normalized spacial score (nSPS) is 12.6. The van der Waals surface area contributed by atoms with Gasteiger partial charge in [-0.15, -0.1) is 11.3 Å². The largest absolute Gasteiger partial charge is 0.271 e. The average Bonchev–Trinajstić information content (AvgIpc) is 2.71. The third kappa shape index (κ3) is 3.16. The highest BCUT2D eigenvalue weighted by atomic mass is 79.9. The minimum Gasteiger partial charge on any atom is -0.271 e. The summed E-state index contributed by atoms with van der Waals surface area (Å²) in [6.45, 7) is 2.10. The predicted molar refractivity (Wildman–Crippen MR) is 77.0 cm³/mol. The van der Waals surface area contributed by atoms with Crippen molar-refractivity contribution in [2.24, 2.45) is 5.84 Å². The third-order valence-corrected chi connectivity index (χ3v) is 4.67. The Labute approximate surface area is 114 Å². The molecule has 0 spiro atoms. The van der Waals surface area contributed by atoms with Crippen molar-refractivity contribution in [2.75, 3.05) is 0 Å². The molecular weight excluding hydrogens is 296 g/mol. The van der Waals surface area contributed by atoms with Crippen molar-refractivity contribution in [3.8, 4) is 0 Å². The van der Waals surface area contributed by atoms with E-state index in [9.17, 15) is 0 Å². The van der Waals surface area contributed by atoms with Crippen LogP contribution in [0.25, 0.3) is 0 Å². The number of nitrogens with one attached hydrogen (secondary N) is 1. The van der Waals surface area contributed by atoms with Gasteiger partial charge in [0.2, 0.25) is 0 Å². The Balaban J connectivity index is 2.20. The fourth-order valence-electron chi connectivity index (χ4n) is 1.82. The van der Waals surface area contributed by atoms with Gasteiger partial charge >= 0.3 is 0 Å². The fraction of sp³-hybridized carbons (Fsp3) is 0.231. The zero-order valence-corrected chi connectivity index (χ0v) is 12.0. The standard InChI is InChI=1S/C13H15BrN2S/c1-9-3-2-4-10(7-9)12(16-15)8-13-11(14)5-6-17-13/h2-7,12,16H,8,15H2,1H3. The van der Waals surface area contributed by atoms with E-state index in [0.717, 1.165) is 10.9 Å². The van der Waals surface area contributed by atoms with Crippen molar-refractivity contribution >= 4 is 27.3 Å². The van der Waals surface area contributed by atoms with Crippen LogP contribution in [-0.4, -0.2) is 0 Å². The van der Waals surface area contributed by atoms with Gasteiger partial charge in [0.05, 0.1) is 6.04 Å². The van der Waals surface area contributed by atoms with Crippen molar-refractivity contribution in [3.63, 3.8) is 0 Å². The van der Waals surface area contributed by atoms with Crippen LogP contribution in [0, 0.1) is 6.92 Å². The Bertz CT molecular complexity index is 496. The van der Waals surface area contributed by atoms with Gasteiger partial charge in [0, 0.05) is 15.8 Å². The lowest BCUT2D eigenvalue weighted by atomic mass is 10.0. The van der Waals surface area contributed by atoms with Gasteiger partial charge < -0.3 is 0 Å². The topological polar surface area (TPSA) is 38.0 Å². The van der Waals surface area contributed by atoms with Crippen molar-refractivity contribution < 1.29 is 0 Å². The van der Waals surface area contributed by atoms with Gasteiger partial charge in [0.15, 0.2) is 0 Å². The molecule has 3 N–H and O–H groups in total. The van der Waals surface area contributed by atoms with Crippen molar-refractivity contribution in [1.29, 1.82) is 0 Å². The predicted octanol–water partition coefficient (Wildman–Crippen LogP) is 3.57. The minimum atomic E-state index is 0.157. The molecule has 0 aliphatic carbocycles. The molecule has 1 heterocycles. The number of hydrogen-bond acceptors (Lipinski definition) is 3. The molecular formula is C13H15BrN2S. The summed E-state index contributed by atoms with van der Waals surface area (Å²) in [5, 5.41) is 2.09. The molecule has 1 atom stereocenters. The lowest BCUT2D eigenvalue weighted by Crippen LogP contribution is -2.29. The summed E-state index contributed by atoms with van der Waals surface area (Å²) < 4.78 is 1.16. The summed E-state index contributed by atoms with van der Waals surface area (Å²) in [6, 6.07) is 10.7. The highest BCUT2D eigenvalue weighted by molar-refractivity contribution is 9.10. The molecule has 4 heteroatoms. The van der Waals surface area contributed by atoms with Crippen LogP contribution in [0.15, 0.2) is 40.2 Å². The van der Waals surface area contributed by atoms with Crippen LogP contribution in [0.1, 0.15) is 22.0 Å². The number of thiophene rings is 1. The number of halogens is 1. The zero-order valence-electron chi connectivity index (χ0n) is 9.61. The molecule has 90 valence electrons. The second kappa shape index (κ2) is 5.78. The zero-order chi connectivity index (χ0) is 12.3. The number of hydrogen-bond donors (Lipinski definition) is 2. The summed E-state index contributed by atoms with van der Waals surface area (Å²) in [5.74, 6) is 5.66. The number of aryl methyl sites for hydroxylation is 1. The van der Waals surface area contributed by atoms with Gasteiger partial charge in [-0.2, -0.15) is 0 Å². The van der Waals surface area contributed by atoms with Crippen LogP contribution < -0.4 is 11.3 Å². The molecule has 0 aliphatic rings. The first kappa shape index (κ1) is 12.8. The Morgan fingerprint density at radius 3 is 2.82 bits per heavy atom. The van der Waals surface area contributed by atoms with Crippen LogP contribution in [0.3, 0.4) is 0 Å². The fourth-order valence-corrected chi connectivity index (χ4v) is 3.38. The first-order valence-electron chi connectivity index (χ1n) is 5.45. The van der Waals surface area contributed by atoms with Crippen LogP contribution in [0.4, 0.5) is 0 Å². The molecule has 1 aromatic heterocycles. The van der Waals surface area contributed by atoms with Gasteiger partial charge in [-0.1, -0.05) is 29.8 Å². The van der Waals surface area contributed by atoms with E-state index in [1.807, 2.05) is 0 Å². The number of benzene rings is 1. The molecule has 2 aromatic rings. The molecule has 0 radical (unpaired) electrons. The first-order chi connectivity index (χ1) is 8.20. The monoisotopic (exact) mass is 310 g/mol. The molecule has 0 saturated heterocycles. The van der Waals surface area contributed by atoms with E-state index in [1.54, 1.807) is 11.3 Å². The van der Waals surface area contributed by atoms with Gasteiger partial charge in [-0.05, 0) is 39.9 Å². The summed E-state index contributed by atoms with van der Waals surface area (Å²) >= 11 is 5.30. The Morgan fingerprint density at radius 2 is 2.24 bits per heavy atom. The molecule has 1 aromatic carbocycles. The van der Waals surface area contributed by atoms with Crippen LogP contribution in [-0.2, 0) is 6.42 Å². The lowest BCUT2D eigenvalue weighted by Gasteiger charge is -2.16. The van der Waals surface area contributed by atoms with E-state index < -0.39 is 0 Å². The SMILES string of the molecule is Cc1cccc(C(Cc2sccc2Br)NN)c1. The summed E-state index contributed by atoms with van der Waals surface area (Å²) in [7, 11) is 0. The molecule has 2 rings (SSSR count). The highest BCUT2D eigenvalue weighted by Crippen LogP contribution is 2.28. The Morgan fingerprint density at radius 1 is 1.41 bits per heavy atom. The van der Waals surface area contributed by atoms with Crippen molar-refractivity contribution in [1.82, 2.24) is 5.43 Å². The molecule has 1 unspecified atom stereocenters. The second-order valence-electron chi connectivity index (χ2n) is 4.03. The van der Waals surface area contributed by atoms with E-state index in [1.165, 1.54) is 16.0 Å².